The van der Waals surface area contributed by atoms with Gasteiger partial charge in [-0.2, -0.15) is 0 Å². The summed E-state index contributed by atoms with van der Waals surface area (Å²) in [6, 6.07) is 31.8. The second kappa shape index (κ2) is 11.6. The van der Waals surface area contributed by atoms with Crippen LogP contribution >= 0.6 is 34.7 Å². The summed E-state index contributed by atoms with van der Waals surface area (Å²) in [5.74, 6) is -1.52. The minimum Gasteiger partial charge on any atom is -0.450 e. The Bertz CT molecular complexity index is 2620. The third kappa shape index (κ3) is 4.47. The summed E-state index contributed by atoms with van der Waals surface area (Å²) in [6.07, 6.45) is 0. The fourth-order valence-corrected chi connectivity index (χ4v) is 9.07. The van der Waals surface area contributed by atoms with Crippen LogP contribution in [0, 0.1) is 5.82 Å². The van der Waals surface area contributed by atoms with E-state index < -0.39 is 28.6 Å². The minimum atomic E-state index is -2.01. The average Bonchev–Trinajstić information content (AvgIpc) is 3.77. The zero-order valence-corrected chi connectivity index (χ0v) is 28.2. The van der Waals surface area contributed by atoms with Gasteiger partial charge in [0, 0.05) is 21.9 Å². The number of carbonyl (C=O) groups is 2. The number of hydrogen-bond donors (Lipinski definition) is 0. The van der Waals surface area contributed by atoms with E-state index in [4.69, 9.17) is 16.0 Å². The first-order chi connectivity index (χ1) is 24.4. The van der Waals surface area contributed by atoms with Gasteiger partial charge in [0.2, 0.25) is 10.9 Å². The van der Waals surface area contributed by atoms with Crippen molar-refractivity contribution in [2.45, 2.75) is 22.2 Å². The monoisotopic (exact) mass is 716 g/mol. The average molecular weight is 717 g/mol. The van der Waals surface area contributed by atoms with Crippen LogP contribution in [0.25, 0.3) is 21.7 Å². The maximum Gasteiger partial charge on any atom is 0.297 e. The molecule has 12 heteroatoms. The lowest BCUT2D eigenvalue weighted by molar-refractivity contribution is -0.121. The van der Waals surface area contributed by atoms with Gasteiger partial charge < -0.3 is 9.32 Å². The van der Waals surface area contributed by atoms with E-state index >= 15 is 9.18 Å². The molecule has 2 aliphatic rings. The molecule has 0 N–H and O–H groups in total. The smallest absolute Gasteiger partial charge is 0.297 e. The molecule has 1 unspecified atom stereocenters. The van der Waals surface area contributed by atoms with E-state index in [1.165, 1.54) is 39.8 Å². The fourth-order valence-electron chi connectivity index (χ4n) is 7.00. The summed E-state index contributed by atoms with van der Waals surface area (Å²) < 4.78 is 21.7. The number of hydrogen-bond acceptors (Lipinski definition) is 8. The first-order valence-corrected chi connectivity index (χ1v) is 17.7. The quantitative estimate of drug-likeness (QED) is 0.126. The molecule has 0 fully saturated rings. The highest BCUT2D eigenvalue weighted by Crippen LogP contribution is 2.55. The summed E-state index contributed by atoms with van der Waals surface area (Å²) in [5.41, 5.74) is -0.429. The van der Waals surface area contributed by atoms with E-state index in [2.05, 4.69) is 34.5 Å². The lowest BCUT2D eigenvalue weighted by atomic mass is 9.84. The van der Waals surface area contributed by atoms with Gasteiger partial charge in [0.1, 0.15) is 11.4 Å². The lowest BCUT2D eigenvalue weighted by Crippen LogP contribution is -2.53. The van der Waals surface area contributed by atoms with E-state index in [0.717, 1.165) is 27.7 Å². The van der Waals surface area contributed by atoms with E-state index in [0.29, 0.717) is 21.3 Å². The van der Waals surface area contributed by atoms with Crippen molar-refractivity contribution < 1.29 is 18.4 Å². The number of amides is 2. The van der Waals surface area contributed by atoms with Crippen LogP contribution in [0.2, 0.25) is 5.02 Å². The van der Waals surface area contributed by atoms with E-state index in [-0.39, 0.29) is 44.6 Å². The molecule has 244 valence electrons. The van der Waals surface area contributed by atoms with E-state index in [1.807, 2.05) is 18.2 Å². The van der Waals surface area contributed by atoms with Crippen molar-refractivity contribution in [2.24, 2.45) is 0 Å². The van der Waals surface area contributed by atoms with Crippen molar-refractivity contribution in [1.29, 1.82) is 0 Å². The Hall–Kier alpha value is -5.36. The molecule has 1 atom stereocenters. The molecule has 0 aliphatic carbocycles. The normalized spacial score (nSPS) is 16.6. The zero-order chi connectivity index (χ0) is 34.1. The van der Waals surface area contributed by atoms with Gasteiger partial charge in [-0.05, 0) is 46.7 Å². The number of halogens is 2. The molecule has 50 heavy (non-hydrogen) atoms. The molecule has 0 radical (unpaired) electrons. The minimum absolute atomic E-state index is 0.110. The molecular formula is C38H22ClFN4O4S2. The van der Waals surface area contributed by atoms with Gasteiger partial charge in [-0.3, -0.25) is 19.3 Å². The van der Waals surface area contributed by atoms with Crippen LogP contribution in [-0.2, 0) is 22.6 Å². The number of thioether (sulfide) groups is 1. The highest BCUT2D eigenvalue weighted by atomic mass is 35.5. The number of rotatable bonds is 6. The number of nitrogens with zero attached hydrogens (tertiary/aromatic N) is 4. The number of para-hydroxylation sites is 1. The third-order valence-corrected chi connectivity index (χ3v) is 11.5. The van der Waals surface area contributed by atoms with Crippen LogP contribution < -0.4 is 15.2 Å². The second-order valence-electron chi connectivity index (χ2n) is 11.9. The van der Waals surface area contributed by atoms with Crippen LogP contribution in [0.5, 0.6) is 0 Å². The highest BCUT2D eigenvalue weighted by molar-refractivity contribution is 8.00. The topological polar surface area (TPSA) is 96.6 Å². The molecule has 0 saturated carbocycles. The number of carbonyl (C=O) groups excluding carboxylic acids is 2. The predicted octanol–water partition coefficient (Wildman–Crippen LogP) is 8.33. The van der Waals surface area contributed by atoms with Gasteiger partial charge >= 0.3 is 0 Å². The van der Waals surface area contributed by atoms with Crippen molar-refractivity contribution in [1.82, 2.24) is 10.2 Å². The molecule has 0 bridgehead atoms. The van der Waals surface area contributed by atoms with Gasteiger partial charge in [-0.15, -0.1) is 10.2 Å². The fraction of sp³-hybridized carbons (Fsp3) is 0.0789. The molecular weight excluding hydrogens is 695 g/mol. The summed E-state index contributed by atoms with van der Waals surface area (Å²) >= 11 is 8.89. The van der Waals surface area contributed by atoms with E-state index in [1.54, 1.807) is 48.5 Å². The molecule has 1 spiro atoms. The molecule has 8 nitrogen and oxygen atoms in total. The van der Waals surface area contributed by atoms with Crippen molar-refractivity contribution in [3.63, 3.8) is 0 Å². The van der Waals surface area contributed by atoms with Crippen molar-refractivity contribution in [3.05, 3.63) is 158 Å². The molecule has 4 heterocycles. The van der Waals surface area contributed by atoms with Crippen molar-refractivity contribution in [2.75, 3.05) is 9.80 Å². The Balaban J connectivity index is 1.21. The van der Waals surface area contributed by atoms with Crippen LogP contribution in [0.4, 0.5) is 15.2 Å². The van der Waals surface area contributed by atoms with E-state index in [9.17, 15) is 9.59 Å². The molecule has 0 saturated heterocycles. The predicted molar refractivity (Wildman–Crippen MR) is 193 cm³/mol. The van der Waals surface area contributed by atoms with Crippen molar-refractivity contribution in [3.8, 4) is 0 Å². The Kier molecular flexibility index (Phi) is 7.13. The first-order valence-electron chi connectivity index (χ1n) is 15.6. The van der Waals surface area contributed by atoms with Crippen LogP contribution in [0.1, 0.15) is 32.8 Å². The summed E-state index contributed by atoms with van der Waals surface area (Å²) in [6.45, 7) is -0.144. The molecule has 5 aromatic carbocycles. The Morgan fingerprint density at radius 2 is 1.60 bits per heavy atom. The third-order valence-electron chi connectivity index (χ3n) is 9.19. The number of aromatic nitrogens is 2. The van der Waals surface area contributed by atoms with Gasteiger partial charge in [0.05, 0.1) is 23.2 Å². The van der Waals surface area contributed by atoms with Gasteiger partial charge in [0.15, 0.2) is 15.3 Å². The standard InChI is InChI=1S/C38H22ClFN4O4S2/c39-24-16-17-30-26(18-24)32(45)31-33(48-30)34(46)44(36-41-42-37(50-36)49-20-23-11-7-10-21-8-1-3-12-25(21)23)38(31)27-13-4-6-15-29(27)43(35(38)47)19-22-9-2-5-14-28(22)40/h1-18H,19-20H2. The number of fused-ring (bicyclic) bond motifs is 6. The first kappa shape index (κ1) is 30.7. The Morgan fingerprint density at radius 3 is 2.48 bits per heavy atom. The lowest BCUT2D eigenvalue weighted by Gasteiger charge is -2.32. The maximum absolute atomic E-state index is 15.1. The molecule has 2 aliphatic heterocycles. The Labute approximate surface area is 296 Å². The summed E-state index contributed by atoms with van der Waals surface area (Å²) in [4.78, 5) is 46.9. The number of benzene rings is 5. The van der Waals surface area contributed by atoms with Crippen molar-refractivity contribution >= 4 is 79.1 Å². The highest BCUT2D eigenvalue weighted by Gasteiger charge is 2.66. The van der Waals surface area contributed by atoms with Gasteiger partial charge in [-0.25, -0.2) is 4.39 Å². The Morgan fingerprint density at radius 1 is 0.840 bits per heavy atom. The van der Waals surface area contributed by atoms with Gasteiger partial charge in [0.25, 0.3) is 11.8 Å². The molecule has 2 amide bonds. The van der Waals surface area contributed by atoms with Gasteiger partial charge in [-0.1, -0.05) is 114 Å². The second-order valence-corrected chi connectivity index (χ2v) is 14.5. The molecule has 2 aromatic heterocycles. The largest absolute Gasteiger partial charge is 0.450 e. The van der Waals surface area contributed by atoms with Crippen LogP contribution in [0.3, 0.4) is 0 Å². The zero-order valence-electron chi connectivity index (χ0n) is 25.8. The molecule has 9 rings (SSSR count). The maximum atomic E-state index is 15.1. The number of anilines is 2. The molecule has 7 aromatic rings. The van der Waals surface area contributed by atoms with Crippen LogP contribution in [0.15, 0.2) is 123 Å². The SMILES string of the molecule is O=C1c2oc3ccc(Cl)cc3c(=O)c2C2(C(=O)N(Cc3ccccc3F)c3ccccc32)N1c1nnc(SCc2cccc3ccccc23)s1. The summed E-state index contributed by atoms with van der Waals surface area (Å²) in [7, 11) is 0. The summed E-state index contributed by atoms with van der Waals surface area (Å²) in [5, 5.41) is 11.6. The van der Waals surface area contributed by atoms with Crippen LogP contribution in [-0.4, -0.2) is 22.0 Å².